The van der Waals surface area contributed by atoms with Gasteiger partial charge in [0.2, 0.25) is 0 Å². The van der Waals surface area contributed by atoms with E-state index in [9.17, 15) is 0 Å². The van der Waals surface area contributed by atoms with Crippen LogP contribution in [0.25, 0.3) is 10.9 Å². The molecule has 1 aliphatic heterocycles. The number of pyridine rings is 1. The van der Waals surface area contributed by atoms with E-state index >= 15 is 0 Å². The van der Waals surface area contributed by atoms with E-state index in [4.69, 9.17) is 10.5 Å². The highest BCUT2D eigenvalue weighted by atomic mass is 16.5. The lowest BCUT2D eigenvalue weighted by Crippen LogP contribution is -2.14. The molecule has 0 atom stereocenters. The number of nitrogens with one attached hydrogen (secondary N) is 1. The van der Waals surface area contributed by atoms with E-state index in [1.54, 1.807) is 6.20 Å². The Bertz CT molecular complexity index is 502. The Labute approximate surface area is 93.0 Å². The Morgan fingerprint density at radius 1 is 1.31 bits per heavy atom. The minimum Gasteiger partial charge on any atom is -0.383 e. The molecular weight excluding hydrogens is 204 g/mol. The van der Waals surface area contributed by atoms with E-state index in [-0.39, 0.29) is 0 Å². The highest BCUT2D eigenvalue weighted by Crippen LogP contribution is 2.32. The van der Waals surface area contributed by atoms with Crippen LogP contribution in [0.1, 0.15) is 24.3 Å². The van der Waals surface area contributed by atoms with Gasteiger partial charge >= 0.3 is 0 Å². The van der Waals surface area contributed by atoms with Crippen LogP contribution < -0.4 is 5.73 Å². The summed E-state index contributed by atoms with van der Waals surface area (Å²) in [7, 11) is 0. The summed E-state index contributed by atoms with van der Waals surface area (Å²) < 4.78 is 5.37. The summed E-state index contributed by atoms with van der Waals surface area (Å²) in [5.41, 5.74) is 8.04. The molecule has 0 aliphatic carbocycles. The van der Waals surface area contributed by atoms with Crippen LogP contribution >= 0.6 is 0 Å². The van der Waals surface area contributed by atoms with Gasteiger partial charge in [0.25, 0.3) is 0 Å². The maximum atomic E-state index is 5.80. The number of aromatic amines is 1. The lowest BCUT2D eigenvalue weighted by Gasteiger charge is -2.22. The maximum absolute atomic E-state index is 5.80. The predicted octanol–water partition coefficient (Wildman–Crippen LogP) is 1.43. The quantitative estimate of drug-likeness (QED) is 0.759. The number of anilines is 1. The van der Waals surface area contributed by atoms with E-state index in [1.807, 2.05) is 6.20 Å². The van der Waals surface area contributed by atoms with Crippen molar-refractivity contribution in [3.63, 3.8) is 0 Å². The molecule has 3 N–H and O–H groups in total. The number of hydrogen-bond donors (Lipinski definition) is 2. The van der Waals surface area contributed by atoms with Crippen LogP contribution in [0.15, 0.2) is 12.4 Å². The van der Waals surface area contributed by atoms with Crippen LogP contribution in [-0.2, 0) is 4.74 Å². The SMILES string of the molecule is Nc1ncc(C2CCOCC2)c2[nH]ncc12. The number of fused-ring (bicyclic) bond motifs is 1. The Hall–Kier alpha value is -1.62. The summed E-state index contributed by atoms with van der Waals surface area (Å²) in [4.78, 5) is 4.23. The Balaban J connectivity index is 2.08. The van der Waals surface area contributed by atoms with Crippen molar-refractivity contribution in [2.24, 2.45) is 0 Å². The third-order valence-electron chi connectivity index (χ3n) is 3.21. The molecule has 0 unspecified atom stereocenters. The molecule has 1 saturated heterocycles. The lowest BCUT2D eigenvalue weighted by molar-refractivity contribution is 0.0855. The summed E-state index contributed by atoms with van der Waals surface area (Å²) in [5.74, 6) is 1.05. The van der Waals surface area contributed by atoms with Crippen molar-refractivity contribution < 1.29 is 4.74 Å². The molecule has 3 heterocycles. The normalized spacial score (nSPS) is 18.0. The van der Waals surface area contributed by atoms with Gasteiger partial charge in [-0.05, 0) is 24.3 Å². The van der Waals surface area contributed by atoms with Gasteiger partial charge in [-0.1, -0.05) is 0 Å². The van der Waals surface area contributed by atoms with Crippen molar-refractivity contribution in [3.05, 3.63) is 18.0 Å². The molecule has 0 saturated carbocycles. The molecular formula is C11H14N4O. The third kappa shape index (κ3) is 1.44. The number of aromatic nitrogens is 3. The first-order valence-electron chi connectivity index (χ1n) is 5.51. The zero-order valence-electron chi connectivity index (χ0n) is 8.94. The van der Waals surface area contributed by atoms with Crippen molar-refractivity contribution in [2.45, 2.75) is 18.8 Å². The Kier molecular flexibility index (Phi) is 2.25. The number of hydrogen-bond acceptors (Lipinski definition) is 4. The molecule has 0 bridgehead atoms. The topological polar surface area (TPSA) is 76.8 Å². The minimum absolute atomic E-state index is 0.504. The zero-order valence-corrected chi connectivity index (χ0v) is 8.94. The lowest BCUT2D eigenvalue weighted by atomic mass is 9.92. The van der Waals surface area contributed by atoms with Gasteiger partial charge in [-0.25, -0.2) is 4.98 Å². The average Bonchev–Trinajstić information content (AvgIpc) is 2.81. The maximum Gasteiger partial charge on any atom is 0.134 e. The van der Waals surface area contributed by atoms with E-state index in [0.717, 1.165) is 37.0 Å². The molecule has 2 aromatic rings. The molecule has 1 fully saturated rings. The number of nitrogens with two attached hydrogens (primary N) is 1. The highest BCUT2D eigenvalue weighted by Gasteiger charge is 2.20. The van der Waals surface area contributed by atoms with Crippen LogP contribution in [-0.4, -0.2) is 28.4 Å². The van der Waals surface area contributed by atoms with Crippen LogP contribution in [0.4, 0.5) is 5.82 Å². The molecule has 2 aromatic heterocycles. The van der Waals surface area contributed by atoms with E-state index < -0.39 is 0 Å². The molecule has 1 aliphatic rings. The Morgan fingerprint density at radius 2 is 2.12 bits per heavy atom. The smallest absolute Gasteiger partial charge is 0.134 e. The van der Waals surface area contributed by atoms with E-state index in [1.165, 1.54) is 5.56 Å². The van der Waals surface area contributed by atoms with Crippen molar-refractivity contribution >= 4 is 16.7 Å². The molecule has 5 nitrogen and oxygen atoms in total. The van der Waals surface area contributed by atoms with Gasteiger partial charge in [-0.3, -0.25) is 5.10 Å². The summed E-state index contributed by atoms with van der Waals surface area (Å²) >= 11 is 0. The molecule has 16 heavy (non-hydrogen) atoms. The fraction of sp³-hybridized carbons (Fsp3) is 0.455. The summed E-state index contributed by atoms with van der Waals surface area (Å²) in [5, 5.41) is 7.98. The highest BCUT2D eigenvalue weighted by molar-refractivity contribution is 5.89. The van der Waals surface area contributed by atoms with Crippen molar-refractivity contribution in [3.8, 4) is 0 Å². The fourth-order valence-corrected chi connectivity index (χ4v) is 2.29. The Morgan fingerprint density at radius 3 is 2.94 bits per heavy atom. The van der Waals surface area contributed by atoms with Gasteiger partial charge in [-0.2, -0.15) is 5.10 Å². The van der Waals surface area contributed by atoms with Gasteiger partial charge in [0, 0.05) is 19.4 Å². The fourth-order valence-electron chi connectivity index (χ4n) is 2.29. The van der Waals surface area contributed by atoms with Gasteiger partial charge in [0.05, 0.1) is 17.1 Å². The first kappa shape index (κ1) is 9.59. The van der Waals surface area contributed by atoms with E-state index in [0.29, 0.717) is 11.7 Å². The summed E-state index contributed by atoms with van der Waals surface area (Å²) in [6.07, 6.45) is 5.69. The van der Waals surface area contributed by atoms with Crippen molar-refractivity contribution in [2.75, 3.05) is 18.9 Å². The standard InChI is InChI=1S/C11H14N4O/c12-11-9-6-14-15-10(9)8(5-13-11)7-1-3-16-4-2-7/h5-7H,1-4H2,(H2,12,13)(H,14,15). The predicted molar refractivity (Wildman–Crippen MR) is 61.1 cm³/mol. The number of H-pyrrole nitrogens is 1. The second kappa shape index (κ2) is 3.75. The molecule has 5 heteroatoms. The average molecular weight is 218 g/mol. The van der Waals surface area contributed by atoms with Crippen LogP contribution in [0.5, 0.6) is 0 Å². The number of nitrogens with zero attached hydrogens (tertiary/aromatic N) is 2. The molecule has 3 rings (SSSR count). The summed E-state index contributed by atoms with van der Waals surface area (Å²) in [6, 6.07) is 0. The number of nitrogen functional groups attached to an aromatic ring is 1. The van der Waals surface area contributed by atoms with Crippen molar-refractivity contribution in [1.82, 2.24) is 15.2 Å². The second-order valence-electron chi connectivity index (χ2n) is 4.14. The molecule has 0 spiro atoms. The van der Waals surface area contributed by atoms with Gasteiger partial charge < -0.3 is 10.5 Å². The van der Waals surface area contributed by atoms with Crippen LogP contribution in [0, 0.1) is 0 Å². The van der Waals surface area contributed by atoms with Gasteiger partial charge in [0.15, 0.2) is 0 Å². The largest absolute Gasteiger partial charge is 0.383 e. The first-order chi connectivity index (χ1) is 7.86. The second-order valence-corrected chi connectivity index (χ2v) is 4.14. The molecule has 0 aromatic carbocycles. The van der Waals surface area contributed by atoms with Gasteiger partial charge in [-0.15, -0.1) is 0 Å². The summed E-state index contributed by atoms with van der Waals surface area (Å²) in [6.45, 7) is 1.65. The molecule has 84 valence electrons. The zero-order chi connectivity index (χ0) is 11.0. The van der Waals surface area contributed by atoms with Crippen LogP contribution in [0.3, 0.4) is 0 Å². The van der Waals surface area contributed by atoms with Crippen molar-refractivity contribution in [1.29, 1.82) is 0 Å². The monoisotopic (exact) mass is 218 g/mol. The van der Waals surface area contributed by atoms with Gasteiger partial charge in [0.1, 0.15) is 5.82 Å². The number of rotatable bonds is 1. The first-order valence-corrected chi connectivity index (χ1v) is 5.51. The molecule has 0 amide bonds. The number of ether oxygens (including phenoxy) is 1. The third-order valence-corrected chi connectivity index (χ3v) is 3.21. The molecule has 0 radical (unpaired) electrons. The minimum atomic E-state index is 0.504. The van der Waals surface area contributed by atoms with Crippen LogP contribution in [0.2, 0.25) is 0 Å². The van der Waals surface area contributed by atoms with E-state index in [2.05, 4.69) is 15.2 Å².